The van der Waals surface area contributed by atoms with Crippen LogP contribution >= 0.6 is 11.3 Å². The lowest BCUT2D eigenvalue weighted by molar-refractivity contribution is -0.00788. The second kappa shape index (κ2) is 6.13. The van der Waals surface area contributed by atoms with Crippen molar-refractivity contribution in [2.24, 2.45) is 0 Å². The van der Waals surface area contributed by atoms with Gasteiger partial charge in [-0.05, 0) is 39.8 Å². The lowest BCUT2D eigenvalue weighted by Crippen LogP contribution is -2.53. The van der Waals surface area contributed by atoms with Crippen molar-refractivity contribution in [2.45, 2.75) is 57.6 Å². The van der Waals surface area contributed by atoms with Gasteiger partial charge in [0, 0.05) is 23.5 Å². The molecule has 3 nitrogen and oxygen atoms in total. The first-order valence-electron chi connectivity index (χ1n) is 6.92. The molecule has 0 saturated carbocycles. The van der Waals surface area contributed by atoms with E-state index in [9.17, 15) is 5.11 Å². The van der Waals surface area contributed by atoms with E-state index < -0.39 is 0 Å². The van der Waals surface area contributed by atoms with Crippen molar-refractivity contribution in [1.82, 2.24) is 9.88 Å². The van der Waals surface area contributed by atoms with Gasteiger partial charge in [0.1, 0.15) is 0 Å². The molecule has 1 fully saturated rings. The molecule has 0 spiro atoms. The Morgan fingerprint density at radius 3 is 2.56 bits per heavy atom. The summed E-state index contributed by atoms with van der Waals surface area (Å²) in [5, 5.41) is 13.5. The lowest BCUT2D eigenvalue weighted by atomic mass is 9.92. The molecule has 1 N–H and O–H groups in total. The van der Waals surface area contributed by atoms with Gasteiger partial charge in [0.25, 0.3) is 0 Å². The molecule has 102 valence electrons. The molecule has 18 heavy (non-hydrogen) atoms. The quantitative estimate of drug-likeness (QED) is 0.912. The van der Waals surface area contributed by atoms with E-state index in [0.29, 0.717) is 6.42 Å². The average molecular weight is 268 g/mol. The second-order valence-corrected chi connectivity index (χ2v) is 6.68. The van der Waals surface area contributed by atoms with Gasteiger partial charge in [0.15, 0.2) is 0 Å². The van der Waals surface area contributed by atoms with Crippen LogP contribution in [0.2, 0.25) is 0 Å². The first kappa shape index (κ1) is 14.0. The minimum absolute atomic E-state index is 0.157. The van der Waals surface area contributed by atoms with Crippen molar-refractivity contribution in [3.63, 3.8) is 0 Å². The molecule has 0 bridgehead atoms. The van der Waals surface area contributed by atoms with Crippen molar-refractivity contribution in [3.8, 4) is 0 Å². The van der Waals surface area contributed by atoms with Crippen molar-refractivity contribution < 1.29 is 5.11 Å². The van der Waals surface area contributed by atoms with Crippen molar-refractivity contribution in [3.05, 3.63) is 16.6 Å². The van der Waals surface area contributed by atoms with Gasteiger partial charge in [-0.25, -0.2) is 4.98 Å². The molecule has 2 rings (SSSR count). The fourth-order valence-corrected chi connectivity index (χ4v) is 3.28. The van der Waals surface area contributed by atoms with Crippen LogP contribution in [0.1, 0.15) is 44.5 Å². The monoisotopic (exact) mass is 268 g/mol. The number of thiazole rings is 1. The topological polar surface area (TPSA) is 36.4 Å². The van der Waals surface area contributed by atoms with Gasteiger partial charge in [0.05, 0.1) is 11.1 Å². The maximum atomic E-state index is 10.5. The largest absolute Gasteiger partial charge is 0.391 e. The number of nitrogens with zero attached hydrogens (tertiary/aromatic N) is 2. The van der Waals surface area contributed by atoms with Crippen LogP contribution in [0.25, 0.3) is 0 Å². The minimum atomic E-state index is -0.346. The van der Waals surface area contributed by atoms with E-state index in [2.05, 4.69) is 23.7 Å². The molecule has 4 heteroatoms. The van der Waals surface area contributed by atoms with E-state index in [-0.39, 0.29) is 11.6 Å². The predicted octanol–water partition coefficient (Wildman–Crippen LogP) is 2.70. The van der Waals surface area contributed by atoms with E-state index in [4.69, 9.17) is 0 Å². The number of hydrogen-bond acceptors (Lipinski definition) is 4. The average Bonchev–Trinajstić information content (AvgIpc) is 2.68. The van der Waals surface area contributed by atoms with Gasteiger partial charge < -0.3 is 5.11 Å². The third kappa shape index (κ3) is 3.31. The zero-order valence-electron chi connectivity index (χ0n) is 11.4. The van der Waals surface area contributed by atoms with Crippen LogP contribution < -0.4 is 0 Å². The molecule has 0 radical (unpaired) electrons. The standard InChI is InChI=1S/C14H24N2OS/c1-14(2,16-8-5-3-4-6-9-16)12(17)11-13-15-7-10-18-13/h7,10,12,17H,3-6,8-9,11H2,1-2H3. The summed E-state index contributed by atoms with van der Waals surface area (Å²) in [5.74, 6) is 0. The highest BCUT2D eigenvalue weighted by molar-refractivity contribution is 7.09. The molecule has 1 aromatic rings. The maximum absolute atomic E-state index is 10.5. The number of likely N-dealkylation sites (tertiary alicyclic amines) is 1. The summed E-state index contributed by atoms with van der Waals surface area (Å²) in [6, 6.07) is 0. The summed E-state index contributed by atoms with van der Waals surface area (Å²) < 4.78 is 0. The SMILES string of the molecule is CC(C)(C(O)Cc1nccs1)N1CCCCCC1. The van der Waals surface area contributed by atoms with Crippen molar-refractivity contribution >= 4 is 11.3 Å². The third-order valence-corrected chi connectivity index (χ3v) is 4.89. The van der Waals surface area contributed by atoms with Crippen LogP contribution in [0.15, 0.2) is 11.6 Å². The highest BCUT2D eigenvalue weighted by Gasteiger charge is 2.34. The van der Waals surface area contributed by atoms with Gasteiger partial charge in [-0.1, -0.05) is 12.8 Å². The summed E-state index contributed by atoms with van der Waals surface area (Å²) in [6.07, 6.45) is 7.31. The lowest BCUT2D eigenvalue weighted by Gasteiger charge is -2.41. The Morgan fingerprint density at radius 2 is 2.00 bits per heavy atom. The molecule has 1 aliphatic heterocycles. The second-order valence-electron chi connectivity index (χ2n) is 5.70. The van der Waals surface area contributed by atoms with E-state index >= 15 is 0 Å². The number of hydrogen-bond donors (Lipinski definition) is 1. The number of rotatable bonds is 4. The predicted molar refractivity (Wildman–Crippen MR) is 75.9 cm³/mol. The molecule has 0 amide bonds. The summed E-state index contributed by atoms with van der Waals surface area (Å²) in [6.45, 7) is 6.55. The Hall–Kier alpha value is -0.450. The Balaban J connectivity index is 1.99. The first-order valence-corrected chi connectivity index (χ1v) is 7.80. The Bertz CT molecular complexity index is 343. The van der Waals surface area contributed by atoms with Gasteiger partial charge >= 0.3 is 0 Å². The Morgan fingerprint density at radius 1 is 1.33 bits per heavy atom. The highest BCUT2D eigenvalue weighted by Crippen LogP contribution is 2.25. The molecule has 1 unspecified atom stereocenters. The minimum Gasteiger partial charge on any atom is -0.391 e. The molecule has 2 heterocycles. The van der Waals surface area contributed by atoms with Crippen molar-refractivity contribution in [2.75, 3.05) is 13.1 Å². The normalized spacial score (nSPS) is 20.6. The van der Waals surface area contributed by atoms with Gasteiger partial charge in [-0.2, -0.15) is 0 Å². The van der Waals surface area contributed by atoms with E-state index in [1.54, 1.807) is 11.3 Å². The van der Waals surface area contributed by atoms with Crippen LogP contribution in [0.4, 0.5) is 0 Å². The van der Waals surface area contributed by atoms with Gasteiger partial charge in [-0.3, -0.25) is 4.90 Å². The van der Waals surface area contributed by atoms with Gasteiger partial charge in [-0.15, -0.1) is 11.3 Å². The van der Waals surface area contributed by atoms with E-state index in [0.717, 1.165) is 18.1 Å². The zero-order valence-corrected chi connectivity index (χ0v) is 12.2. The van der Waals surface area contributed by atoms with Crippen LogP contribution in [0.5, 0.6) is 0 Å². The fourth-order valence-electron chi connectivity index (χ4n) is 2.63. The Labute approximate surface area is 114 Å². The molecular formula is C14H24N2OS. The Kier molecular flexibility index (Phi) is 4.76. The fraction of sp³-hybridized carbons (Fsp3) is 0.786. The van der Waals surface area contributed by atoms with Crippen LogP contribution in [0.3, 0.4) is 0 Å². The summed E-state index contributed by atoms with van der Waals surface area (Å²) >= 11 is 1.63. The first-order chi connectivity index (χ1) is 8.60. The maximum Gasteiger partial charge on any atom is 0.0951 e. The summed E-state index contributed by atoms with van der Waals surface area (Å²) in [5.41, 5.74) is -0.157. The van der Waals surface area contributed by atoms with Crippen LogP contribution in [-0.4, -0.2) is 39.7 Å². The van der Waals surface area contributed by atoms with E-state index in [1.807, 2.05) is 11.6 Å². The van der Waals surface area contributed by atoms with Crippen LogP contribution in [-0.2, 0) is 6.42 Å². The van der Waals surface area contributed by atoms with Crippen LogP contribution in [0, 0.1) is 0 Å². The highest BCUT2D eigenvalue weighted by atomic mass is 32.1. The molecule has 1 saturated heterocycles. The zero-order chi connectivity index (χ0) is 13.0. The van der Waals surface area contributed by atoms with E-state index in [1.165, 1.54) is 25.7 Å². The number of aliphatic hydroxyl groups excluding tert-OH is 1. The van der Waals surface area contributed by atoms with Crippen molar-refractivity contribution in [1.29, 1.82) is 0 Å². The smallest absolute Gasteiger partial charge is 0.0951 e. The molecule has 0 aliphatic carbocycles. The summed E-state index contributed by atoms with van der Waals surface area (Å²) in [4.78, 5) is 6.73. The summed E-state index contributed by atoms with van der Waals surface area (Å²) in [7, 11) is 0. The molecule has 0 aromatic carbocycles. The third-order valence-electron chi connectivity index (χ3n) is 4.09. The number of aliphatic hydroxyl groups is 1. The van der Waals surface area contributed by atoms with Gasteiger partial charge in [0.2, 0.25) is 0 Å². The molecule has 1 aliphatic rings. The molecule has 1 aromatic heterocycles. The number of aromatic nitrogens is 1. The molecule has 1 atom stereocenters. The molecular weight excluding hydrogens is 244 g/mol.